The lowest BCUT2D eigenvalue weighted by atomic mass is 9.91. The Bertz CT molecular complexity index is 599. The number of benzene rings is 1. The van der Waals surface area contributed by atoms with E-state index in [1.807, 2.05) is 39.8 Å². The number of hydrogen-bond acceptors (Lipinski definition) is 4. The smallest absolute Gasteiger partial charge is 0.410 e. The molecule has 0 N–H and O–H groups in total. The first-order valence-corrected chi connectivity index (χ1v) is 7.96. The third kappa shape index (κ3) is 4.03. The number of carbonyl (C=O) groups is 2. The molecule has 0 saturated carbocycles. The van der Waals surface area contributed by atoms with Crippen LogP contribution in [0.4, 0.5) is 4.79 Å². The first-order chi connectivity index (χ1) is 10.7. The SMILES string of the molecule is CCc1cc(C(=O)OC)cc2c1CN(C(=O)OC(C)(C)C)CC2. The summed E-state index contributed by atoms with van der Waals surface area (Å²) in [6.07, 6.45) is 1.23. The van der Waals surface area contributed by atoms with Crippen LogP contribution in [-0.2, 0) is 28.9 Å². The van der Waals surface area contributed by atoms with Crippen molar-refractivity contribution in [2.75, 3.05) is 13.7 Å². The van der Waals surface area contributed by atoms with E-state index in [9.17, 15) is 9.59 Å². The lowest BCUT2D eigenvalue weighted by molar-refractivity contribution is 0.0223. The highest BCUT2D eigenvalue weighted by atomic mass is 16.6. The summed E-state index contributed by atoms with van der Waals surface area (Å²) in [7, 11) is 1.39. The summed E-state index contributed by atoms with van der Waals surface area (Å²) in [5, 5.41) is 0. The minimum Gasteiger partial charge on any atom is -0.465 e. The van der Waals surface area contributed by atoms with Gasteiger partial charge in [0, 0.05) is 13.1 Å². The normalized spacial score (nSPS) is 14.2. The maximum Gasteiger partial charge on any atom is 0.410 e. The van der Waals surface area contributed by atoms with Gasteiger partial charge in [0.15, 0.2) is 0 Å². The van der Waals surface area contributed by atoms with E-state index < -0.39 is 5.60 Å². The third-order valence-corrected chi connectivity index (χ3v) is 3.89. The second-order valence-electron chi connectivity index (χ2n) is 6.77. The maximum absolute atomic E-state index is 12.3. The Morgan fingerprint density at radius 2 is 1.96 bits per heavy atom. The maximum atomic E-state index is 12.3. The highest BCUT2D eigenvalue weighted by Gasteiger charge is 2.27. The molecule has 0 unspecified atom stereocenters. The van der Waals surface area contributed by atoms with Gasteiger partial charge in [0.05, 0.1) is 12.7 Å². The fourth-order valence-electron chi connectivity index (χ4n) is 2.78. The van der Waals surface area contributed by atoms with Crippen LogP contribution in [0.25, 0.3) is 0 Å². The topological polar surface area (TPSA) is 55.8 Å². The quantitative estimate of drug-likeness (QED) is 0.785. The predicted molar refractivity (Wildman–Crippen MR) is 87.5 cm³/mol. The van der Waals surface area contributed by atoms with Crippen molar-refractivity contribution >= 4 is 12.1 Å². The summed E-state index contributed by atoms with van der Waals surface area (Å²) >= 11 is 0. The van der Waals surface area contributed by atoms with E-state index >= 15 is 0 Å². The lowest BCUT2D eigenvalue weighted by Gasteiger charge is -2.32. The van der Waals surface area contributed by atoms with Crippen LogP contribution in [-0.4, -0.2) is 36.2 Å². The fraction of sp³-hybridized carbons (Fsp3) is 0.556. The molecule has 0 fully saturated rings. The molecule has 1 amide bonds. The van der Waals surface area contributed by atoms with Crippen molar-refractivity contribution < 1.29 is 19.1 Å². The molecule has 0 atom stereocenters. The van der Waals surface area contributed by atoms with Crippen LogP contribution >= 0.6 is 0 Å². The average molecular weight is 319 g/mol. The minimum atomic E-state index is -0.500. The number of rotatable bonds is 2. The second-order valence-corrected chi connectivity index (χ2v) is 6.77. The summed E-state index contributed by atoms with van der Waals surface area (Å²) in [5.74, 6) is -0.322. The molecule has 1 aromatic carbocycles. The van der Waals surface area contributed by atoms with E-state index in [1.54, 1.807) is 4.90 Å². The number of carbonyl (C=O) groups excluding carboxylic acids is 2. The van der Waals surface area contributed by atoms with Crippen LogP contribution < -0.4 is 0 Å². The van der Waals surface area contributed by atoms with Crippen LogP contribution in [0.5, 0.6) is 0 Å². The predicted octanol–water partition coefficient (Wildman–Crippen LogP) is 3.33. The Hall–Kier alpha value is -2.04. The molecule has 1 aliphatic heterocycles. The van der Waals surface area contributed by atoms with Gasteiger partial charge < -0.3 is 14.4 Å². The van der Waals surface area contributed by atoms with Crippen molar-refractivity contribution in [3.8, 4) is 0 Å². The molecule has 0 bridgehead atoms. The van der Waals surface area contributed by atoms with Crippen molar-refractivity contribution in [3.05, 3.63) is 34.4 Å². The van der Waals surface area contributed by atoms with E-state index in [2.05, 4.69) is 0 Å². The third-order valence-electron chi connectivity index (χ3n) is 3.89. The minimum absolute atomic E-state index is 0.290. The van der Waals surface area contributed by atoms with Gasteiger partial charge >= 0.3 is 12.1 Å². The van der Waals surface area contributed by atoms with Gasteiger partial charge in [-0.15, -0.1) is 0 Å². The molecule has 0 aliphatic carbocycles. The summed E-state index contributed by atoms with van der Waals surface area (Å²) < 4.78 is 10.3. The first-order valence-electron chi connectivity index (χ1n) is 7.96. The van der Waals surface area contributed by atoms with E-state index in [-0.39, 0.29) is 12.1 Å². The van der Waals surface area contributed by atoms with E-state index in [4.69, 9.17) is 9.47 Å². The first kappa shape index (κ1) is 17.3. The number of nitrogens with zero attached hydrogens (tertiary/aromatic N) is 1. The van der Waals surface area contributed by atoms with Gasteiger partial charge in [0.2, 0.25) is 0 Å². The molecule has 5 nitrogen and oxygen atoms in total. The number of hydrogen-bond donors (Lipinski definition) is 0. The molecule has 1 heterocycles. The van der Waals surface area contributed by atoms with Gasteiger partial charge in [0.1, 0.15) is 5.60 Å². The summed E-state index contributed by atoms with van der Waals surface area (Å²) in [6, 6.07) is 3.75. The largest absolute Gasteiger partial charge is 0.465 e. The van der Waals surface area contributed by atoms with Gasteiger partial charge in [-0.05, 0) is 62.4 Å². The molecular weight excluding hydrogens is 294 g/mol. The van der Waals surface area contributed by atoms with Gasteiger partial charge in [-0.1, -0.05) is 6.92 Å². The molecule has 5 heteroatoms. The zero-order chi connectivity index (χ0) is 17.2. The van der Waals surface area contributed by atoms with Crippen molar-refractivity contribution in [1.82, 2.24) is 4.90 Å². The van der Waals surface area contributed by atoms with Crippen molar-refractivity contribution in [2.24, 2.45) is 0 Å². The standard InChI is InChI=1S/C18H25NO4/c1-6-12-9-14(16(20)22-5)10-13-7-8-19(11-15(12)13)17(21)23-18(2,3)4/h9-10H,6-8,11H2,1-5H3. The van der Waals surface area contributed by atoms with E-state index in [0.29, 0.717) is 25.1 Å². The van der Waals surface area contributed by atoms with Gasteiger partial charge in [-0.2, -0.15) is 0 Å². The van der Waals surface area contributed by atoms with Crippen LogP contribution in [0.2, 0.25) is 0 Å². The molecule has 23 heavy (non-hydrogen) atoms. The summed E-state index contributed by atoms with van der Waals surface area (Å²) in [5.41, 5.74) is 3.39. The number of ether oxygens (including phenoxy) is 2. The van der Waals surface area contributed by atoms with Crippen molar-refractivity contribution in [1.29, 1.82) is 0 Å². The van der Waals surface area contributed by atoms with Crippen LogP contribution in [0.3, 0.4) is 0 Å². The number of aryl methyl sites for hydroxylation is 1. The lowest BCUT2D eigenvalue weighted by Crippen LogP contribution is -2.40. The van der Waals surface area contributed by atoms with Crippen LogP contribution in [0, 0.1) is 0 Å². The Morgan fingerprint density at radius 1 is 1.26 bits per heavy atom. The summed E-state index contributed by atoms with van der Waals surface area (Å²) in [4.78, 5) is 25.8. The molecule has 0 spiro atoms. The van der Waals surface area contributed by atoms with Gasteiger partial charge in [-0.25, -0.2) is 9.59 Å². The molecule has 126 valence electrons. The zero-order valence-corrected chi connectivity index (χ0v) is 14.6. The Balaban J connectivity index is 2.27. The second kappa shape index (κ2) is 6.60. The molecule has 1 aromatic rings. The monoisotopic (exact) mass is 319 g/mol. The Labute approximate surface area is 137 Å². The number of amides is 1. The summed E-state index contributed by atoms with van der Waals surface area (Å²) in [6.45, 7) is 8.75. The van der Waals surface area contributed by atoms with Gasteiger partial charge in [0.25, 0.3) is 0 Å². The van der Waals surface area contributed by atoms with Crippen LogP contribution in [0.1, 0.15) is 54.7 Å². The molecule has 0 aromatic heterocycles. The molecule has 2 rings (SSSR count). The highest BCUT2D eigenvalue weighted by Crippen LogP contribution is 2.26. The van der Waals surface area contributed by atoms with Crippen LogP contribution in [0.15, 0.2) is 12.1 Å². The van der Waals surface area contributed by atoms with Crippen molar-refractivity contribution in [3.63, 3.8) is 0 Å². The van der Waals surface area contributed by atoms with E-state index in [0.717, 1.165) is 23.1 Å². The molecular formula is C18H25NO4. The Kier molecular flexibility index (Phi) is 4.97. The Morgan fingerprint density at radius 3 is 2.52 bits per heavy atom. The molecule has 1 aliphatic rings. The van der Waals surface area contributed by atoms with E-state index in [1.165, 1.54) is 7.11 Å². The highest BCUT2D eigenvalue weighted by molar-refractivity contribution is 5.90. The number of esters is 1. The number of methoxy groups -OCH3 is 1. The molecule has 0 radical (unpaired) electrons. The van der Waals surface area contributed by atoms with Crippen molar-refractivity contribution in [2.45, 2.75) is 52.7 Å². The van der Waals surface area contributed by atoms with Gasteiger partial charge in [-0.3, -0.25) is 0 Å². The average Bonchev–Trinajstić information content (AvgIpc) is 2.50. The molecule has 0 saturated heterocycles. The zero-order valence-electron chi connectivity index (χ0n) is 14.6. The fourth-order valence-corrected chi connectivity index (χ4v) is 2.78. The number of fused-ring (bicyclic) bond motifs is 1.